The average Bonchev–Trinajstić information content (AvgIpc) is 2.71. The summed E-state index contributed by atoms with van der Waals surface area (Å²) >= 11 is 0. The van der Waals surface area contributed by atoms with Crippen molar-refractivity contribution in [3.8, 4) is 17.2 Å². The van der Waals surface area contributed by atoms with Gasteiger partial charge in [0.15, 0.2) is 23.9 Å². The zero-order chi connectivity index (χ0) is 19.5. The van der Waals surface area contributed by atoms with Gasteiger partial charge in [0.1, 0.15) is 24.5 Å². The number of carbonyl (C=O) groups is 1. The van der Waals surface area contributed by atoms with Gasteiger partial charge in [0, 0.05) is 23.1 Å². The molecule has 0 spiro atoms. The van der Waals surface area contributed by atoms with Crippen LogP contribution >= 0.6 is 0 Å². The molecule has 1 aliphatic heterocycles. The molecule has 2 aromatic carbocycles. The van der Waals surface area contributed by atoms with Crippen molar-refractivity contribution in [3.05, 3.63) is 64.0 Å². The minimum atomic E-state index is -0.388. The maximum absolute atomic E-state index is 12.5. The standard InChI is InChI=1S/C22H20O6/c1-2-3-14-11-22(24)28-20-12-16(5-6-17(14)20)27-13-18(23)15-4-7-19-21(10-15)26-9-8-25-19/h4-7,10-12H,2-3,8-9,13H2,1H3. The van der Waals surface area contributed by atoms with E-state index in [-0.39, 0.29) is 18.0 Å². The van der Waals surface area contributed by atoms with Crippen molar-refractivity contribution in [2.75, 3.05) is 19.8 Å². The van der Waals surface area contributed by atoms with Crippen molar-refractivity contribution in [1.82, 2.24) is 0 Å². The van der Waals surface area contributed by atoms with E-state index in [9.17, 15) is 9.59 Å². The second-order valence-electron chi connectivity index (χ2n) is 6.57. The Hall–Kier alpha value is -3.28. The Morgan fingerprint density at radius 2 is 1.86 bits per heavy atom. The molecular formula is C22H20O6. The van der Waals surface area contributed by atoms with Gasteiger partial charge in [-0.25, -0.2) is 4.79 Å². The lowest BCUT2D eigenvalue weighted by atomic mass is 10.1. The number of Topliss-reactive ketones (excluding diaryl/α,β-unsaturated/α-hetero) is 1. The van der Waals surface area contributed by atoms with Crippen LogP contribution in [0.3, 0.4) is 0 Å². The maximum atomic E-state index is 12.5. The maximum Gasteiger partial charge on any atom is 0.336 e. The number of ether oxygens (including phenoxy) is 3. The molecule has 3 aromatic rings. The van der Waals surface area contributed by atoms with Gasteiger partial charge in [-0.2, -0.15) is 0 Å². The van der Waals surface area contributed by atoms with E-state index in [1.165, 1.54) is 6.07 Å². The lowest BCUT2D eigenvalue weighted by Gasteiger charge is -2.18. The van der Waals surface area contributed by atoms with Gasteiger partial charge in [-0.1, -0.05) is 13.3 Å². The fourth-order valence-corrected chi connectivity index (χ4v) is 3.23. The second-order valence-corrected chi connectivity index (χ2v) is 6.57. The highest BCUT2D eigenvalue weighted by Crippen LogP contribution is 2.31. The van der Waals surface area contributed by atoms with Crippen molar-refractivity contribution >= 4 is 16.8 Å². The van der Waals surface area contributed by atoms with E-state index in [0.717, 1.165) is 23.8 Å². The van der Waals surface area contributed by atoms with Crippen LogP contribution in [0, 0.1) is 0 Å². The third kappa shape index (κ3) is 3.71. The van der Waals surface area contributed by atoms with Gasteiger partial charge >= 0.3 is 5.63 Å². The number of aryl methyl sites for hydroxylation is 1. The van der Waals surface area contributed by atoms with E-state index in [0.29, 0.717) is 41.6 Å². The number of hydrogen-bond acceptors (Lipinski definition) is 6. The van der Waals surface area contributed by atoms with Crippen LogP contribution in [0.1, 0.15) is 29.3 Å². The van der Waals surface area contributed by atoms with Crippen LogP contribution in [0.15, 0.2) is 51.7 Å². The van der Waals surface area contributed by atoms with Crippen LogP contribution in [0.2, 0.25) is 0 Å². The number of carbonyl (C=O) groups excluding carboxylic acids is 1. The number of benzene rings is 2. The third-order valence-corrected chi connectivity index (χ3v) is 4.56. The number of rotatable bonds is 6. The molecule has 0 fully saturated rings. The SMILES string of the molecule is CCCc1cc(=O)oc2cc(OCC(=O)c3ccc4c(c3)OCCO4)ccc12. The van der Waals surface area contributed by atoms with Gasteiger partial charge < -0.3 is 18.6 Å². The summed E-state index contributed by atoms with van der Waals surface area (Å²) in [5.41, 5.74) is 1.51. The minimum absolute atomic E-state index is 0.135. The monoisotopic (exact) mass is 380 g/mol. The third-order valence-electron chi connectivity index (χ3n) is 4.56. The first-order valence-electron chi connectivity index (χ1n) is 9.26. The Morgan fingerprint density at radius 1 is 1.04 bits per heavy atom. The van der Waals surface area contributed by atoms with Crippen molar-refractivity contribution in [2.45, 2.75) is 19.8 Å². The Labute approximate surface area is 161 Å². The summed E-state index contributed by atoms with van der Waals surface area (Å²) in [5, 5.41) is 0.881. The molecule has 4 rings (SSSR count). The topological polar surface area (TPSA) is 75.0 Å². The Balaban J connectivity index is 1.50. The van der Waals surface area contributed by atoms with Gasteiger partial charge in [-0.15, -0.1) is 0 Å². The summed E-state index contributed by atoms with van der Waals surface area (Å²) in [6.45, 7) is 2.89. The van der Waals surface area contributed by atoms with Crippen molar-refractivity contribution in [1.29, 1.82) is 0 Å². The molecule has 0 saturated carbocycles. The summed E-state index contributed by atoms with van der Waals surface area (Å²) in [6, 6.07) is 11.9. The zero-order valence-electron chi connectivity index (χ0n) is 15.5. The molecule has 6 nitrogen and oxygen atoms in total. The normalized spacial score (nSPS) is 12.8. The molecule has 1 aliphatic rings. The number of fused-ring (bicyclic) bond motifs is 2. The fraction of sp³-hybridized carbons (Fsp3) is 0.273. The molecule has 28 heavy (non-hydrogen) atoms. The van der Waals surface area contributed by atoms with Gasteiger partial charge in [0.2, 0.25) is 0 Å². The van der Waals surface area contributed by atoms with Crippen molar-refractivity contribution in [2.24, 2.45) is 0 Å². The molecule has 0 saturated heterocycles. The summed E-state index contributed by atoms with van der Waals surface area (Å²) < 4.78 is 21.9. The molecule has 2 heterocycles. The average molecular weight is 380 g/mol. The van der Waals surface area contributed by atoms with E-state index in [1.807, 2.05) is 6.07 Å². The molecule has 0 N–H and O–H groups in total. The Kier molecular flexibility index (Phi) is 5.02. The van der Waals surface area contributed by atoms with Gasteiger partial charge in [-0.3, -0.25) is 4.79 Å². The van der Waals surface area contributed by atoms with E-state index in [2.05, 4.69) is 6.92 Å². The van der Waals surface area contributed by atoms with Crippen LogP contribution in [0.4, 0.5) is 0 Å². The highest BCUT2D eigenvalue weighted by molar-refractivity contribution is 5.98. The van der Waals surface area contributed by atoms with Crippen LogP contribution in [0.25, 0.3) is 11.0 Å². The number of hydrogen-bond donors (Lipinski definition) is 0. The quantitative estimate of drug-likeness (QED) is 0.479. The molecule has 0 aliphatic carbocycles. The van der Waals surface area contributed by atoms with Crippen LogP contribution < -0.4 is 19.8 Å². The summed E-state index contributed by atoms with van der Waals surface area (Å²) in [6.07, 6.45) is 1.73. The van der Waals surface area contributed by atoms with Crippen molar-refractivity contribution in [3.63, 3.8) is 0 Å². The molecule has 0 amide bonds. The minimum Gasteiger partial charge on any atom is -0.486 e. The van der Waals surface area contributed by atoms with Gasteiger partial charge in [-0.05, 0) is 42.3 Å². The number of ketones is 1. The molecule has 0 bridgehead atoms. The van der Waals surface area contributed by atoms with E-state index < -0.39 is 0 Å². The highest BCUT2D eigenvalue weighted by atomic mass is 16.6. The van der Waals surface area contributed by atoms with E-state index in [1.54, 1.807) is 30.3 Å². The molecule has 6 heteroatoms. The van der Waals surface area contributed by atoms with E-state index in [4.69, 9.17) is 18.6 Å². The molecule has 0 atom stereocenters. The predicted molar refractivity (Wildman–Crippen MR) is 104 cm³/mol. The highest BCUT2D eigenvalue weighted by Gasteiger charge is 2.15. The summed E-state index contributed by atoms with van der Waals surface area (Å²) in [7, 11) is 0. The first kappa shape index (κ1) is 18.1. The first-order valence-corrected chi connectivity index (χ1v) is 9.26. The smallest absolute Gasteiger partial charge is 0.336 e. The predicted octanol–water partition coefficient (Wildman–Crippen LogP) is 3.78. The van der Waals surface area contributed by atoms with Crippen LogP contribution in [-0.2, 0) is 6.42 Å². The first-order chi connectivity index (χ1) is 13.6. The van der Waals surface area contributed by atoms with Gasteiger partial charge in [0.05, 0.1) is 0 Å². The molecule has 0 radical (unpaired) electrons. The molecule has 0 unspecified atom stereocenters. The van der Waals surface area contributed by atoms with Crippen molar-refractivity contribution < 1.29 is 23.4 Å². The molecule has 144 valence electrons. The molecular weight excluding hydrogens is 360 g/mol. The van der Waals surface area contributed by atoms with E-state index >= 15 is 0 Å². The summed E-state index contributed by atoms with van der Waals surface area (Å²) in [5.74, 6) is 1.48. The fourth-order valence-electron chi connectivity index (χ4n) is 3.23. The van der Waals surface area contributed by atoms with Gasteiger partial charge in [0.25, 0.3) is 0 Å². The van der Waals surface area contributed by atoms with Crippen LogP contribution in [-0.4, -0.2) is 25.6 Å². The molecule has 1 aromatic heterocycles. The zero-order valence-corrected chi connectivity index (χ0v) is 15.5. The second kappa shape index (κ2) is 7.76. The summed E-state index contributed by atoms with van der Waals surface area (Å²) in [4.78, 5) is 24.2. The Bertz CT molecular complexity index is 1080. The van der Waals surface area contributed by atoms with Crippen LogP contribution in [0.5, 0.6) is 17.2 Å². The lowest BCUT2D eigenvalue weighted by molar-refractivity contribution is 0.0920. The Morgan fingerprint density at radius 3 is 2.68 bits per heavy atom. The largest absolute Gasteiger partial charge is 0.486 e. The lowest BCUT2D eigenvalue weighted by Crippen LogP contribution is -2.17.